The van der Waals surface area contributed by atoms with Crippen LogP contribution in [0.5, 0.6) is 0 Å². The normalized spacial score (nSPS) is 10.9. The fraction of sp³-hybridized carbons (Fsp3) is 0.100. The molecule has 2 heterocycles. The molecule has 0 fully saturated rings. The topological polar surface area (TPSA) is 95.6 Å². The Bertz CT molecular complexity index is 1260. The molecule has 28 heavy (non-hydrogen) atoms. The van der Waals surface area contributed by atoms with Crippen molar-refractivity contribution in [2.75, 3.05) is 5.32 Å². The first-order valence-corrected chi connectivity index (χ1v) is 9.14. The predicted octanol–water partition coefficient (Wildman–Crippen LogP) is 3.48. The Morgan fingerprint density at radius 3 is 2.82 bits per heavy atom. The van der Waals surface area contributed by atoms with Crippen LogP contribution in [0, 0.1) is 4.77 Å². The minimum Gasteiger partial charge on any atom is -0.332 e. The summed E-state index contributed by atoms with van der Waals surface area (Å²) < 4.78 is 1.72. The molecule has 0 unspecified atom stereocenters. The Hall–Kier alpha value is -3.52. The van der Waals surface area contributed by atoms with Gasteiger partial charge in [0.1, 0.15) is 0 Å². The van der Waals surface area contributed by atoms with E-state index in [1.54, 1.807) is 24.4 Å². The van der Waals surface area contributed by atoms with Crippen LogP contribution >= 0.6 is 12.2 Å². The second kappa shape index (κ2) is 7.61. The molecule has 0 aliphatic rings. The quantitative estimate of drug-likeness (QED) is 0.454. The zero-order chi connectivity index (χ0) is 19.5. The Labute approximate surface area is 165 Å². The Balaban J connectivity index is 1.48. The van der Waals surface area contributed by atoms with Crippen molar-refractivity contribution in [1.82, 2.24) is 19.7 Å². The maximum atomic E-state index is 12.6. The minimum absolute atomic E-state index is 0.129. The smallest absolute Gasteiger partial charge is 0.262 e. The van der Waals surface area contributed by atoms with Gasteiger partial charge in [0.15, 0.2) is 4.77 Å². The molecule has 4 aromatic rings. The summed E-state index contributed by atoms with van der Waals surface area (Å²) in [5, 5.41) is 10.2. The molecule has 0 spiro atoms. The average Bonchev–Trinajstić information content (AvgIpc) is 3.23. The highest BCUT2D eigenvalue weighted by Gasteiger charge is 2.09. The number of carbonyl (C=O) groups is 1. The molecule has 0 bridgehead atoms. The summed E-state index contributed by atoms with van der Waals surface area (Å²) in [5.41, 5.74) is 2.95. The first kappa shape index (κ1) is 17.9. The van der Waals surface area contributed by atoms with E-state index in [-0.39, 0.29) is 24.4 Å². The van der Waals surface area contributed by atoms with Crippen LogP contribution in [-0.4, -0.2) is 25.7 Å². The lowest BCUT2D eigenvalue weighted by atomic mass is 10.1. The van der Waals surface area contributed by atoms with Gasteiger partial charge in [0.2, 0.25) is 5.91 Å². The van der Waals surface area contributed by atoms with Crippen LogP contribution in [0.1, 0.15) is 6.42 Å². The van der Waals surface area contributed by atoms with E-state index in [1.807, 2.05) is 36.4 Å². The van der Waals surface area contributed by atoms with Crippen molar-refractivity contribution in [1.29, 1.82) is 0 Å². The van der Waals surface area contributed by atoms with Gasteiger partial charge < -0.3 is 10.3 Å². The fourth-order valence-corrected chi connectivity index (χ4v) is 3.30. The van der Waals surface area contributed by atoms with Crippen LogP contribution in [0.4, 0.5) is 5.69 Å². The van der Waals surface area contributed by atoms with Crippen LogP contribution in [-0.2, 0) is 11.3 Å². The van der Waals surface area contributed by atoms with Gasteiger partial charge in [-0.15, -0.1) is 0 Å². The van der Waals surface area contributed by atoms with Crippen molar-refractivity contribution < 1.29 is 4.79 Å². The van der Waals surface area contributed by atoms with Crippen LogP contribution in [0.25, 0.3) is 22.2 Å². The van der Waals surface area contributed by atoms with Crippen molar-refractivity contribution >= 4 is 34.7 Å². The van der Waals surface area contributed by atoms with E-state index >= 15 is 0 Å². The van der Waals surface area contributed by atoms with Gasteiger partial charge >= 0.3 is 0 Å². The zero-order valence-corrected chi connectivity index (χ0v) is 15.6. The molecule has 0 saturated heterocycles. The van der Waals surface area contributed by atoms with Gasteiger partial charge in [0.25, 0.3) is 5.56 Å². The number of amides is 1. The van der Waals surface area contributed by atoms with Gasteiger partial charge in [-0.25, -0.2) is 0 Å². The van der Waals surface area contributed by atoms with Gasteiger partial charge in [-0.2, -0.15) is 5.10 Å². The molecule has 2 aromatic carbocycles. The number of rotatable bonds is 5. The van der Waals surface area contributed by atoms with E-state index in [0.717, 1.165) is 11.3 Å². The third-order valence-corrected chi connectivity index (χ3v) is 4.73. The number of aromatic amines is 2. The van der Waals surface area contributed by atoms with Crippen molar-refractivity contribution in [3.63, 3.8) is 0 Å². The van der Waals surface area contributed by atoms with E-state index in [0.29, 0.717) is 21.4 Å². The number of H-pyrrole nitrogens is 2. The second-order valence-corrected chi connectivity index (χ2v) is 6.67. The van der Waals surface area contributed by atoms with E-state index in [9.17, 15) is 9.59 Å². The lowest BCUT2D eigenvalue weighted by Crippen LogP contribution is -2.25. The van der Waals surface area contributed by atoms with Crippen molar-refractivity contribution in [3.8, 4) is 11.3 Å². The number of fused-ring (bicyclic) bond motifs is 1. The summed E-state index contributed by atoms with van der Waals surface area (Å²) in [5.74, 6) is -0.198. The summed E-state index contributed by atoms with van der Waals surface area (Å²) in [6.07, 6.45) is 1.80. The van der Waals surface area contributed by atoms with Crippen LogP contribution < -0.4 is 10.9 Å². The van der Waals surface area contributed by atoms with Gasteiger partial charge in [0.05, 0.1) is 16.6 Å². The van der Waals surface area contributed by atoms with Gasteiger partial charge in [0, 0.05) is 30.4 Å². The Morgan fingerprint density at radius 2 is 2.00 bits per heavy atom. The lowest BCUT2D eigenvalue weighted by molar-refractivity contribution is -0.116. The van der Waals surface area contributed by atoms with Gasteiger partial charge in [-0.1, -0.05) is 24.3 Å². The molecular weight excluding hydrogens is 374 g/mol. The van der Waals surface area contributed by atoms with Gasteiger partial charge in [-0.3, -0.25) is 19.3 Å². The number of carbonyl (C=O) groups excluding carboxylic acids is 1. The largest absolute Gasteiger partial charge is 0.332 e. The number of hydrogen-bond acceptors (Lipinski definition) is 4. The summed E-state index contributed by atoms with van der Waals surface area (Å²) in [6.45, 7) is 0.199. The maximum absolute atomic E-state index is 12.6. The SMILES string of the molecule is O=C(CCn1c(=S)[nH]c2ccccc2c1=O)Nc1cccc(-c2ccn[nH]2)c1. The average molecular weight is 391 g/mol. The molecule has 1 amide bonds. The molecule has 0 radical (unpaired) electrons. The van der Waals surface area contributed by atoms with E-state index < -0.39 is 0 Å². The number of benzene rings is 2. The monoisotopic (exact) mass is 391 g/mol. The summed E-state index contributed by atoms with van der Waals surface area (Å²) in [4.78, 5) is 28.0. The molecule has 2 aromatic heterocycles. The third kappa shape index (κ3) is 3.63. The Kier molecular flexibility index (Phi) is 4.86. The number of nitrogens with one attached hydrogen (secondary N) is 3. The van der Waals surface area contributed by atoms with Crippen LogP contribution in [0.15, 0.2) is 65.6 Å². The molecule has 8 heteroatoms. The highest BCUT2D eigenvalue weighted by atomic mass is 32.1. The zero-order valence-electron chi connectivity index (χ0n) is 14.8. The van der Waals surface area contributed by atoms with Crippen LogP contribution in [0.2, 0.25) is 0 Å². The number of aromatic nitrogens is 4. The fourth-order valence-electron chi connectivity index (χ4n) is 3.02. The first-order chi connectivity index (χ1) is 13.6. The molecule has 0 atom stereocenters. The molecule has 0 aliphatic carbocycles. The summed E-state index contributed by atoms with van der Waals surface area (Å²) >= 11 is 5.28. The standard InChI is InChI=1S/C20H17N5O2S/c26-18(22-14-5-3-4-13(12-14)16-8-10-21-24-16)9-11-25-19(27)15-6-1-2-7-17(15)23-20(25)28/h1-8,10,12H,9,11H2,(H,21,24)(H,22,26)(H,23,28). The molecule has 0 aliphatic heterocycles. The number of anilines is 1. The van der Waals surface area contributed by atoms with Crippen molar-refractivity contribution in [2.24, 2.45) is 0 Å². The molecule has 140 valence electrons. The molecular formula is C20H17N5O2S. The second-order valence-electron chi connectivity index (χ2n) is 6.28. The third-order valence-electron chi connectivity index (χ3n) is 4.41. The van der Waals surface area contributed by atoms with Crippen molar-refractivity contribution in [3.05, 3.63) is 75.9 Å². The number of para-hydroxylation sites is 1. The minimum atomic E-state index is -0.201. The molecule has 4 rings (SSSR count). The van der Waals surface area contributed by atoms with Gasteiger partial charge in [-0.05, 0) is 42.5 Å². The number of hydrogen-bond donors (Lipinski definition) is 3. The maximum Gasteiger partial charge on any atom is 0.262 e. The Morgan fingerprint density at radius 1 is 1.14 bits per heavy atom. The van der Waals surface area contributed by atoms with E-state index in [2.05, 4.69) is 20.5 Å². The molecule has 3 N–H and O–H groups in total. The van der Waals surface area contributed by atoms with Crippen LogP contribution in [0.3, 0.4) is 0 Å². The molecule has 0 saturated carbocycles. The van der Waals surface area contributed by atoms with E-state index in [4.69, 9.17) is 12.2 Å². The first-order valence-electron chi connectivity index (χ1n) is 8.73. The van der Waals surface area contributed by atoms with Crippen molar-refractivity contribution in [2.45, 2.75) is 13.0 Å². The summed E-state index contributed by atoms with van der Waals surface area (Å²) in [7, 11) is 0. The predicted molar refractivity (Wildman–Crippen MR) is 111 cm³/mol. The number of nitrogens with zero attached hydrogens (tertiary/aromatic N) is 2. The summed E-state index contributed by atoms with van der Waals surface area (Å²) in [6, 6.07) is 16.5. The van der Waals surface area contributed by atoms with E-state index in [1.165, 1.54) is 4.57 Å². The molecule has 7 nitrogen and oxygen atoms in total. The lowest BCUT2D eigenvalue weighted by Gasteiger charge is -2.09. The highest BCUT2D eigenvalue weighted by Crippen LogP contribution is 2.20. The highest BCUT2D eigenvalue weighted by molar-refractivity contribution is 7.71.